The summed E-state index contributed by atoms with van der Waals surface area (Å²) in [5, 5.41) is 10.6. The molecule has 4 heteroatoms. The summed E-state index contributed by atoms with van der Waals surface area (Å²) in [5.74, 6) is 2.16. The lowest BCUT2D eigenvalue weighted by atomic mass is 9.78. The summed E-state index contributed by atoms with van der Waals surface area (Å²) in [5.41, 5.74) is 1.22. The Morgan fingerprint density at radius 1 is 1.08 bits per heavy atom. The van der Waals surface area contributed by atoms with Gasteiger partial charge in [-0.1, -0.05) is 25.8 Å². The van der Waals surface area contributed by atoms with Crippen molar-refractivity contribution in [3.63, 3.8) is 0 Å². The van der Waals surface area contributed by atoms with E-state index in [0.717, 1.165) is 56.9 Å². The lowest BCUT2D eigenvalue weighted by Gasteiger charge is -2.49. The zero-order valence-electron chi connectivity index (χ0n) is 15.7. The van der Waals surface area contributed by atoms with Gasteiger partial charge in [-0.3, -0.25) is 4.90 Å². The molecule has 0 spiro atoms. The zero-order valence-corrected chi connectivity index (χ0v) is 15.7. The van der Waals surface area contributed by atoms with Crippen LogP contribution in [-0.4, -0.2) is 48.5 Å². The minimum atomic E-state index is -0.192. The molecule has 0 aromatic heterocycles. The largest absolute Gasteiger partial charge is 0.490 e. The highest BCUT2D eigenvalue weighted by Gasteiger charge is 2.40. The molecule has 3 heterocycles. The normalized spacial score (nSPS) is 28.1. The highest BCUT2D eigenvalue weighted by Crippen LogP contribution is 2.35. The monoisotopic (exact) mass is 347 g/mol. The second-order valence-electron chi connectivity index (χ2n) is 7.41. The van der Waals surface area contributed by atoms with Gasteiger partial charge in [0.1, 0.15) is 0 Å². The molecule has 4 rings (SSSR count). The summed E-state index contributed by atoms with van der Waals surface area (Å²) in [4.78, 5) is 2.46. The van der Waals surface area contributed by atoms with Crippen LogP contribution in [0.15, 0.2) is 18.2 Å². The highest BCUT2D eigenvalue weighted by molar-refractivity contribution is 5.43. The maximum atomic E-state index is 10.6. The number of hydrogen-bond acceptors (Lipinski definition) is 4. The van der Waals surface area contributed by atoms with Crippen molar-refractivity contribution in [3.05, 3.63) is 23.8 Å². The van der Waals surface area contributed by atoms with Crippen molar-refractivity contribution in [3.8, 4) is 11.5 Å². The van der Waals surface area contributed by atoms with Gasteiger partial charge in [0.25, 0.3) is 0 Å². The average molecular weight is 347 g/mol. The fraction of sp³-hybridized carbons (Fsp3) is 0.714. The number of aliphatic hydroxyl groups excluding tert-OH is 1. The van der Waals surface area contributed by atoms with Crippen LogP contribution in [0.2, 0.25) is 0 Å². The van der Waals surface area contributed by atoms with Crippen LogP contribution in [0.25, 0.3) is 0 Å². The Labute approximate surface area is 152 Å². The molecule has 3 aliphatic heterocycles. The maximum absolute atomic E-state index is 10.6. The van der Waals surface area contributed by atoms with Gasteiger partial charge in [0.05, 0.1) is 19.3 Å². The van der Waals surface area contributed by atoms with Crippen molar-refractivity contribution in [2.75, 3.05) is 26.3 Å². The van der Waals surface area contributed by atoms with Gasteiger partial charge in [-0.2, -0.15) is 0 Å². The summed E-state index contributed by atoms with van der Waals surface area (Å²) < 4.78 is 11.7. The molecular formula is C21H33NO3. The third-order valence-electron chi connectivity index (χ3n) is 5.68. The molecular weight excluding hydrogens is 314 g/mol. The number of benzene rings is 1. The standard InChI is InChI=1S/C21H33NO3/c1-3-5-6-13-25-19-8-7-16(15-20(19)24-4-2)14-18-21(23)17-9-11-22(18)12-10-17/h7-8,15,17-18,21,23H,3-6,9-14H2,1-2H3. The Morgan fingerprint density at radius 2 is 1.88 bits per heavy atom. The number of piperidine rings is 3. The summed E-state index contributed by atoms with van der Waals surface area (Å²) in [6, 6.07) is 6.52. The third-order valence-corrected chi connectivity index (χ3v) is 5.68. The SMILES string of the molecule is CCCCCOc1ccc(CC2C(O)C3CCN2CC3)cc1OCC. The van der Waals surface area contributed by atoms with Crippen molar-refractivity contribution < 1.29 is 14.6 Å². The Balaban J connectivity index is 1.66. The Hall–Kier alpha value is -1.26. The van der Waals surface area contributed by atoms with Gasteiger partial charge in [-0.05, 0) is 69.3 Å². The quantitative estimate of drug-likeness (QED) is 0.692. The number of unbranched alkanes of at least 4 members (excludes halogenated alkanes) is 2. The first kappa shape index (κ1) is 18.5. The first-order chi connectivity index (χ1) is 12.2. The molecule has 1 N–H and O–H groups in total. The molecule has 3 fully saturated rings. The number of ether oxygens (including phenoxy) is 2. The number of nitrogens with zero attached hydrogens (tertiary/aromatic N) is 1. The minimum absolute atomic E-state index is 0.192. The second-order valence-corrected chi connectivity index (χ2v) is 7.41. The first-order valence-corrected chi connectivity index (χ1v) is 10.0. The highest BCUT2D eigenvalue weighted by atomic mass is 16.5. The van der Waals surface area contributed by atoms with E-state index in [9.17, 15) is 5.11 Å². The minimum Gasteiger partial charge on any atom is -0.490 e. The third kappa shape index (κ3) is 4.48. The van der Waals surface area contributed by atoms with Crippen LogP contribution < -0.4 is 9.47 Å². The van der Waals surface area contributed by atoms with E-state index in [1.54, 1.807) is 0 Å². The molecule has 140 valence electrons. The fourth-order valence-corrected chi connectivity index (χ4v) is 4.22. The summed E-state index contributed by atoms with van der Waals surface area (Å²) in [6.45, 7) is 7.83. The van der Waals surface area contributed by atoms with E-state index in [2.05, 4.69) is 24.0 Å². The Bertz CT molecular complexity index is 538. The molecule has 0 radical (unpaired) electrons. The summed E-state index contributed by atoms with van der Waals surface area (Å²) in [7, 11) is 0. The molecule has 4 nitrogen and oxygen atoms in total. The molecule has 2 unspecified atom stereocenters. The fourth-order valence-electron chi connectivity index (χ4n) is 4.22. The molecule has 0 aliphatic carbocycles. The van der Waals surface area contributed by atoms with Gasteiger partial charge >= 0.3 is 0 Å². The molecule has 2 atom stereocenters. The lowest BCUT2D eigenvalue weighted by molar-refractivity contribution is -0.0715. The maximum Gasteiger partial charge on any atom is 0.161 e. The van der Waals surface area contributed by atoms with E-state index in [0.29, 0.717) is 12.5 Å². The molecule has 25 heavy (non-hydrogen) atoms. The number of aliphatic hydroxyl groups is 1. The average Bonchev–Trinajstić information content (AvgIpc) is 2.64. The van der Waals surface area contributed by atoms with E-state index in [-0.39, 0.29) is 12.1 Å². The topological polar surface area (TPSA) is 41.9 Å². The number of rotatable bonds is 9. The van der Waals surface area contributed by atoms with Gasteiger partial charge in [0, 0.05) is 6.04 Å². The summed E-state index contributed by atoms with van der Waals surface area (Å²) >= 11 is 0. The van der Waals surface area contributed by atoms with Crippen LogP contribution >= 0.6 is 0 Å². The van der Waals surface area contributed by atoms with Gasteiger partial charge in [-0.15, -0.1) is 0 Å². The smallest absolute Gasteiger partial charge is 0.161 e. The van der Waals surface area contributed by atoms with E-state index < -0.39 is 0 Å². The second kappa shape index (κ2) is 8.91. The van der Waals surface area contributed by atoms with Crippen molar-refractivity contribution in [1.29, 1.82) is 0 Å². The van der Waals surface area contributed by atoms with Crippen LogP contribution in [0.5, 0.6) is 11.5 Å². The van der Waals surface area contributed by atoms with E-state index in [1.807, 2.05) is 13.0 Å². The molecule has 1 aromatic rings. The summed E-state index contributed by atoms with van der Waals surface area (Å²) in [6.07, 6.45) is 6.45. The first-order valence-electron chi connectivity index (χ1n) is 10.0. The zero-order chi connectivity index (χ0) is 17.6. The van der Waals surface area contributed by atoms with Crippen LogP contribution in [0.1, 0.15) is 51.5 Å². The van der Waals surface area contributed by atoms with Gasteiger partial charge in [0.2, 0.25) is 0 Å². The van der Waals surface area contributed by atoms with Crippen molar-refractivity contribution >= 4 is 0 Å². The van der Waals surface area contributed by atoms with E-state index in [1.165, 1.54) is 18.4 Å². The molecule has 0 saturated carbocycles. The molecule has 3 saturated heterocycles. The predicted molar refractivity (Wildman–Crippen MR) is 100 cm³/mol. The van der Waals surface area contributed by atoms with Gasteiger partial charge < -0.3 is 14.6 Å². The molecule has 0 amide bonds. The Kier molecular flexibility index (Phi) is 6.60. The lowest BCUT2D eigenvalue weighted by Crippen LogP contribution is -2.58. The van der Waals surface area contributed by atoms with Crippen molar-refractivity contribution in [2.24, 2.45) is 5.92 Å². The number of hydrogen-bond donors (Lipinski definition) is 1. The van der Waals surface area contributed by atoms with Crippen LogP contribution in [0.4, 0.5) is 0 Å². The molecule has 2 bridgehead atoms. The van der Waals surface area contributed by atoms with Crippen LogP contribution in [-0.2, 0) is 6.42 Å². The number of fused-ring (bicyclic) bond motifs is 3. The van der Waals surface area contributed by atoms with Crippen molar-refractivity contribution in [2.45, 2.75) is 64.5 Å². The van der Waals surface area contributed by atoms with Crippen LogP contribution in [0.3, 0.4) is 0 Å². The van der Waals surface area contributed by atoms with E-state index >= 15 is 0 Å². The molecule has 3 aliphatic rings. The van der Waals surface area contributed by atoms with Gasteiger partial charge in [0.15, 0.2) is 11.5 Å². The van der Waals surface area contributed by atoms with Crippen LogP contribution in [0, 0.1) is 5.92 Å². The van der Waals surface area contributed by atoms with Gasteiger partial charge in [-0.25, -0.2) is 0 Å². The predicted octanol–water partition coefficient (Wildman–Crippen LogP) is 3.65. The molecule has 1 aromatic carbocycles. The Morgan fingerprint density at radius 3 is 2.56 bits per heavy atom. The van der Waals surface area contributed by atoms with E-state index in [4.69, 9.17) is 9.47 Å². The van der Waals surface area contributed by atoms with Crippen molar-refractivity contribution in [1.82, 2.24) is 4.90 Å².